The van der Waals surface area contributed by atoms with Crippen LogP contribution in [0.5, 0.6) is 0 Å². The van der Waals surface area contributed by atoms with E-state index in [9.17, 15) is 9.18 Å². The molecule has 2 aromatic carbocycles. The van der Waals surface area contributed by atoms with Crippen LogP contribution in [0.4, 0.5) is 4.39 Å². The van der Waals surface area contributed by atoms with E-state index in [1.165, 1.54) is 17.7 Å². The number of rotatable bonds is 5. The highest BCUT2D eigenvalue weighted by molar-refractivity contribution is 5.94. The number of amides is 1. The molecule has 1 N–H and O–H groups in total. The van der Waals surface area contributed by atoms with Crippen LogP contribution in [0, 0.1) is 11.7 Å². The van der Waals surface area contributed by atoms with Gasteiger partial charge >= 0.3 is 0 Å². The molecule has 3 rings (SSSR count). The molecule has 24 heavy (non-hydrogen) atoms. The number of piperidine rings is 1. The van der Waals surface area contributed by atoms with Crippen molar-refractivity contribution < 1.29 is 9.18 Å². The molecule has 0 aliphatic carbocycles. The summed E-state index contributed by atoms with van der Waals surface area (Å²) in [5.41, 5.74) is 1.70. The van der Waals surface area contributed by atoms with Crippen LogP contribution in [0.25, 0.3) is 0 Å². The smallest absolute Gasteiger partial charge is 0.251 e. The van der Waals surface area contributed by atoms with Crippen molar-refractivity contribution in [1.29, 1.82) is 0 Å². The molecule has 0 saturated carbocycles. The SMILES string of the molecule is O=C(NC[C@@H]1CCCN(Cc2ccccc2)C1)c1cccc(F)c1. The average molecular weight is 326 g/mol. The van der Waals surface area contributed by atoms with E-state index in [-0.39, 0.29) is 11.7 Å². The third kappa shape index (κ3) is 4.65. The van der Waals surface area contributed by atoms with Gasteiger partial charge < -0.3 is 5.32 Å². The molecule has 1 atom stereocenters. The lowest BCUT2D eigenvalue weighted by atomic mass is 9.97. The molecule has 0 bridgehead atoms. The Morgan fingerprint density at radius 2 is 2.00 bits per heavy atom. The van der Waals surface area contributed by atoms with Gasteiger partial charge in [0.05, 0.1) is 0 Å². The first kappa shape index (κ1) is 16.7. The van der Waals surface area contributed by atoms with Crippen molar-refractivity contribution >= 4 is 5.91 Å². The van der Waals surface area contributed by atoms with Gasteiger partial charge in [-0.2, -0.15) is 0 Å². The Hall–Kier alpha value is -2.20. The van der Waals surface area contributed by atoms with Gasteiger partial charge in [0.2, 0.25) is 0 Å². The highest BCUT2D eigenvalue weighted by Gasteiger charge is 2.20. The summed E-state index contributed by atoms with van der Waals surface area (Å²) >= 11 is 0. The van der Waals surface area contributed by atoms with Crippen molar-refractivity contribution in [2.45, 2.75) is 19.4 Å². The van der Waals surface area contributed by atoms with E-state index >= 15 is 0 Å². The Kier molecular flexibility index (Phi) is 5.59. The molecule has 0 unspecified atom stereocenters. The fraction of sp³-hybridized carbons (Fsp3) is 0.350. The molecule has 1 aliphatic heterocycles. The molecule has 1 aliphatic rings. The van der Waals surface area contributed by atoms with Crippen molar-refractivity contribution in [3.05, 3.63) is 71.5 Å². The number of hydrogen-bond acceptors (Lipinski definition) is 2. The van der Waals surface area contributed by atoms with Gasteiger partial charge in [-0.15, -0.1) is 0 Å². The van der Waals surface area contributed by atoms with Crippen molar-refractivity contribution in [3.8, 4) is 0 Å². The Bertz CT molecular complexity index is 674. The zero-order valence-electron chi connectivity index (χ0n) is 13.7. The number of nitrogens with one attached hydrogen (secondary N) is 1. The molecule has 0 radical (unpaired) electrons. The first-order chi connectivity index (χ1) is 11.7. The van der Waals surface area contributed by atoms with Gasteiger partial charge in [0.25, 0.3) is 5.91 Å². The molecular formula is C20H23FN2O. The first-order valence-electron chi connectivity index (χ1n) is 8.51. The van der Waals surface area contributed by atoms with Crippen LogP contribution in [0.2, 0.25) is 0 Å². The van der Waals surface area contributed by atoms with E-state index in [0.717, 1.165) is 32.5 Å². The van der Waals surface area contributed by atoms with Crippen molar-refractivity contribution in [2.75, 3.05) is 19.6 Å². The minimum absolute atomic E-state index is 0.199. The lowest BCUT2D eigenvalue weighted by Gasteiger charge is -2.32. The predicted octanol–water partition coefficient (Wildman–Crippen LogP) is 3.47. The number of carbonyl (C=O) groups excluding carboxylic acids is 1. The Balaban J connectivity index is 1.49. The second kappa shape index (κ2) is 8.06. The molecule has 1 fully saturated rings. The topological polar surface area (TPSA) is 32.3 Å². The van der Waals surface area contributed by atoms with Gasteiger partial charge in [-0.25, -0.2) is 4.39 Å². The molecule has 2 aromatic rings. The second-order valence-corrected chi connectivity index (χ2v) is 6.45. The van der Waals surface area contributed by atoms with Crippen molar-refractivity contribution in [2.24, 2.45) is 5.92 Å². The van der Waals surface area contributed by atoms with Crippen molar-refractivity contribution in [1.82, 2.24) is 10.2 Å². The van der Waals surface area contributed by atoms with Crippen molar-refractivity contribution in [3.63, 3.8) is 0 Å². The van der Waals surface area contributed by atoms with Gasteiger partial charge in [0.1, 0.15) is 5.82 Å². The summed E-state index contributed by atoms with van der Waals surface area (Å²) in [4.78, 5) is 14.6. The van der Waals surface area contributed by atoms with E-state index in [1.807, 2.05) is 6.07 Å². The maximum Gasteiger partial charge on any atom is 0.251 e. The molecule has 1 saturated heterocycles. The van der Waals surface area contributed by atoms with E-state index in [4.69, 9.17) is 0 Å². The van der Waals surface area contributed by atoms with Crippen LogP contribution in [0.1, 0.15) is 28.8 Å². The number of carbonyl (C=O) groups is 1. The summed E-state index contributed by atoms with van der Waals surface area (Å²) in [5, 5.41) is 2.95. The molecule has 1 amide bonds. The number of benzene rings is 2. The normalized spacial score (nSPS) is 18.3. The zero-order chi connectivity index (χ0) is 16.8. The average Bonchev–Trinajstić information content (AvgIpc) is 2.61. The summed E-state index contributed by atoms with van der Waals surface area (Å²) < 4.78 is 13.2. The fourth-order valence-electron chi connectivity index (χ4n) is 3.27. The van der Waals surface area contributed by atoms with E-state index < -0.39 is 0 Å². The first-order valence-corrected chi connectivity index (χ1v) is 8.51. The minimum Gasteiger partial charge on any atom is -0.352 e. The lowest BCUT2D eigenvalue weighted by molar-refractivity contribution is 0.0930. The number of nitrogens with zero attached hydrogens (tertiary/aromatic N) is 1. The molecule has 4 heteroatoms. The van der Waals surface area contributed by atoms with E-state index in [0.29, 0.717) is 18.0 Å². The minimum atomic E-state index is -0.380. The van der Waals surface area contributed by atoms with Gasteiger partial charge in [0, 0.05) is 25.2 Å². The number of halogens is 1. The highest BCUT2D eigenvalue weighted by atomic mass is 19.1. The molecule has 1 heterocycles. The van der Waals surface area contributed by atoms with Gasteiger partial charge in [0.15, 0.2) is 0 Å². The van der Waals surface area contributed by atoms with Crippen LogP contribution in [-0.2, 0) is 6.54 Å². The molecule has 126 valence electrons. The fourth-order valence-corrected chi connectivity index (χ4v) is 3.27. The monoisotopic (exact) mass is 326 g/mol. The van der Waals surface area contributed by atoms with Crippen LogP contribution < -0.4 is 5.32 Å². The molecule has 3 nitrogen and oxygen atoms in total. The zero-order valence-corrected chi connectivity index (χ0v) is 13.7. The third-order valence-electron chi connectivity index (χ3n) is 4.49. The lowest BCUT2D eigenvalue weighted by Crippen LogP contribution is -2.40. The van der Waals surface area contributed by atoms with Gasteiger partial charge in [-0.3, -0.25) is 9.69 Å². The highest BCUT2D eigenvalue weighted by Crippen LogP contribution is 2.18. The Labute approximate surface area is 142 Å². The van der Waals surface area contributed by atoms with Crippen LogP contribution in [0.3, 0.4) is 0 Å². The third-order valence-corrected chi connectivity index (χ3v) is 4.49. The van der Waals surface area contributed by atoms with Gasteiger partial charge in [-0.1, -0.05) is 36.4 Å². The van der Waals surface area contributed by atoms with Crippen LogP contribution >= 0.6 is 0 Å². The summed E-state index contributed by atoms with van der Waals surface area (Å²) in [6.45, 7) is 3.68. The largest absolute Gasteiger partial charge is 0.352 e. The quantitative estimate of drug-likeness (QED) is 0.912. The molecule has 0 aromatic heterocycles. The van der Waals surface area contributed by atoms with Gasteiger partial charge in [-0.05, 0) is 49.1 Å². The summed E-state index contributed by atoms with van der Waals surface area (Å²) in [6, 6.07) is 16.3. The number of hydrogen-bond donors (Lipinski definition) is 1. The molecular weight excluding hydrogens is 303 g/mol. The van der Waals surface area contributed by atoms with E-state index in [1.54, 1.807) is 12.1 Å². The Morgan fingerprint density at radius 3 is 2.79 bits per heavy atom. The maximum absolute atomic E-state index is 13.2. The van der Waals surface area contributed by atoms with E-state index in [2.05, 4.69) is 34.5 Å². The summed E-state index contributed by atoms with van der Waals surface area (Å²) in [5.74, 6) is -0.135. The molecule has 0 spiro atoms. The van der Waals surface area contributed by atoms with Crippen LogP contribution in [-0.4, -0.2) is 30.4 Å². The summed E-state index contributed by atoms with van der Waals surface area (Å²) in [7, 11) is 0. The predicted molar refractivity (Wildman–Crippen MR) is 93.2 cm³/mol. The number of likely N-dealkylation sites (tertiary alicyclic amines) is 1. The standard InChI is InChI=1S/C20H23FN2O/c21-19-10-4-9-18(12-19)20(24)22-13-17-8-5-11-23(15-17)14-16-6-2-1-3-7-16/h1-4,6-7,9-10,12,17H,5,8,11,13-15H2,(H,22,24)/t17-/m0/s1. The Morgan fingerprint density at radius 1 is 1.17 bits per heavy atom. The van der Waals surface area contributed by atoms with Crippen LogP contribution in [0.15, 0.2) is 54.6 Å². The second-order valence-electron chi connectivity index (χ2n) is 6.45. The summed E-state index contributed by atoms with van der Waals surface area (Å²) in [6.07, 6.45) is 2.27. The maximum atomic E-state index is 13.2.